The molecule has 0 aromatic heterocycles. The summed E-state index contributed by atoms with van der Waals surface area (Å²) in [5.74, 6) is 2.15. The Balaban J connectivity index is 1.87. The van der Waals surface area contributed by atoms with E-state index in [0.717, 1.165) is 0 Å². The van der Waals surface area contributed by atoms with Crippen LogP contribution in [0, 0.1) is 0 Å². The maximum absolute atomic E-state index is 10.9. The Morgan fingerprint density at radius 1 is 1.05 bits per heavy atom. The van der Waals surface area contributed by atoms with Crippen molar-refractivity contribution < 1.29 is 19.4 Å². The number of hydrogen-bond acceptors (Lipinski definition) is 4. The van der Waals surface area contributed by atoms with E-state index in [-0.39, 0.29) is 17.7 Å². The Kier molecular flexibility index (Phi) is 5.25. The third-order valence-corrected chi connectivity index (χ3v) is 2.85. The molecule has 0 unspecified atom stereocenters. The number of phenolic OH excluding ortho intramolecular Hbond substituents is 1. The van der Waals surface area contributed by atoms with Crippen LogP contribution in [0.5, 0.6) is 23.0 Å². The molecule has 0 aliphatic carbocycles. The lowest BCUT2D eigenvalue weighted by molar-refractivity contribution is -0.119. The van der Waals surface area contributed by atoms with Crippen LogP contribution in [-0.2, 0) is 4.79 Å². The van der Waals surface area contributed by atoms with Gasteiger partial charge in [-0.15, -0.1) is 0 Å². The number of hydrogen-bond donors (Lipinski definition) is 2. The molecule has 0 heterocycles. The van der Waals surface area contributed by atoms with Gasteiger partial charge in [0.2, 0.25) is 5.91 Å². The van der Waals surface area contributed by atoms with E-state index >= 15 is 0 Å². The molecule has 0 saturated carbocycles. The van der Waals surface area contributed by atoms with Gasteiger partial charge in [0.05, 0.1) is 6.04 Å². The van der Waals surface area contributed by atoms with Crippen molar-refractivity contribution in [2.45, 2.75) is 19.9 Å². The molecule has 22 heavy (non-hydrogen) atoms. The van der Waals surface area contributed by atoms with E-state index in [4.69, 9.17) is 9.47 Å². The van der Waals surface area contributed by atoms with Crippen molar-refractivity contribution in [1.29, 1.82) is 0 Å². The minimum Gasteiger partial charge on any atom is -0.508 e. The third kappa shape index (κ3) is 5.01. The molecule has 1 amide bonds. The number of phenols is 1. The number of nitrogens with one attached hydrogen (secondary N) is 1. The van der Waals surface area contributed by atoms with Crippen molar-refractivity contribution in [3.63, 3.8) is 0 Å². The quantitative estimate of drug-likeness (QED) is 0.860. The zero-order chi connectivity index (χ0) is 15.9. The fourth-order valence-electron chi connectivity index (χ4n) is 1.86. The maximum Gasteiger partial charge on any atom is 0.217 e. The molecule has 5 nitrogen and oxygen atoms in total. The average molecular weight is 301 g/mol. The van der Waals surface area contributed by atoms with Gasteiger partial charge in [0.15, 0.2) is 0 Å². The molecule has 0 fully saturated rings. The molecule has 2 rings (SSSR count). The summed E-state index contributed by atoms with van der Waals surface area (Å²) in [6.45, 7) is 3.76. The monoisotopic (exact) mass is 301 g/mol. The summed E-state index contributed by atoms with van der Waals surface area (Å²) in [7, 11) is 0. The van der Waals surface area contributed by atoms with Gasteiger partial charge in [-0.3, -0.25) is 4.79 Å². The zero-order valence-corrected chi connectivity index (χ0v) is 12.6. The Hall–Kier alpha value is -2.69. The summed E-state index contributed by atoms with van der Waals surface area (Å²) >= 11 is 0. The first-order chi connectivity index (χ1) is 10.5. The molecule has 2 aromatic carbocycles. The van der Waals surface area contributed by atoms with Gasteiger partial charge in [0.25, 0.3) is 0 Å². The molecular weight excluding hydrogens is 282 g/mol. The van der Waals surface area contributed by atoms with Crippen molar-refractivity contribution >= 4 is 5.91 Å². The topological polar surface area (TPSA) is 67.8 Å². The molecule has 0 aliphatic rings. The smallest absolute Gasteiger partial charge is 0.217 e. The van der Waals surface area contributed by atoms with Crippen LogP contribution in [0.25, 0.3) is 0 Å². The average Bonchev–Trinajstić information content (AvgIpc) is 2.48. The summed E-state index contributed by atoms with van der Waals surface area (Å²) in [4.78, 5) is 10.9. The number of amides is 1. The van der Waals surface area contributed by atoms with Crippen molar-refractivity contribution in [1.82, 2.24) is 5.32 Å². The van der Waals surface area contributed by atoms with Gasteiger partial charge >= 0.3 is 0 Å². The fourth-order valence-corrected chi connectivity index (χ4v) is 1.86. The molecule has 0 bridgehead atoms. The predicted molar refractivity (Wildman–Crippen MR) is 83.4 cm³/mol. The number of ether oxygens (including phenoxy) is 2. The highest BCUT2D eigenvalue weighted by Crippen LogP contribution is 2.25. The van der Waals surface area contributed by atoms with Crippen LogP contribution in [0.2, 0.25) is 0 Å². The largest absolute Gasteiger partial charge is 0.508 e. The summed E-state index contributed by atoms with van der Waals surface area (Å²) < 4.78 is 11.2. The highest BCUT2D eigenvalue weighted by Gasteiger charge is 2.04. The molecule has 2 N–H and O–H groups in total. The van der Waals surface area contributed by atoms with Crippen LogP contribution in [0.15, 0.2) is 48.5 Å². The summed E-state index contributed by atoms with van der Waals surface area (Å²) in [5.41, 5.74) is 0. The Labute approximate surface area is 129 Å². The predicted octanol–water partition coefficient (Wildman–Crippen LogP) is 3.09. The van der Waals surface area contributed by atoms with Crippen molar-refractivity contribution in [3.8, 4) is 23.0 Å². The first kappa shape index (κ1) is 15.7. The molecule has 1 atom stereocenters. The van der Waals surface area contributed by atoms with Gasteiger partial charge in [-0.25, -0.2) is 0 Å². The summed E-state index contributed by atoms with van der Waals surface area (Å²) in [6.07, 6.45) is 0. The minimum atomic E-state index is -0.0752. The molecular formula is C17H19NO4. The van der Waals surface area contributed by atoms with E-state index in [1.54, 1.807) is 48.5 Å². The molecule has 0 saturated heterocycles. The van der Waals surface area contributed by atoms with Gasteiger partial charge in [-0.2, -0.15) is 0 Å². The zero-order valence-electron chi connectivity index (χ0n) is 12.6. The third-order valence-electron chi connectivity index (χ3n) is 2.85. The van der Waals surface area contributed by atoms with Gasteiger partial charge in [-0.05, 0) is 55.5 Å². The lowest BCUT2D eigenvalue weighted by Gasteiger charge is -2.14. The van der Waals surface area contributed by atoms with Crippen LogP contribution in [-0.4, -0.2) is 23.7 Å². The second-order valence-electron chi connectivity index (χ2n) is 4.98. The van der Waals surface area contributed by atoms with Crippen LogP contribution < -0.4 is 14.8 Å². The minimum absolute atomic E-state index is 0.0505. The van der Waals surface area contributed by atoms with E-state index in [1.165, 1.54) is 6.92 Å². The number of benzene rings is 2. The SMILES string of the molecule is CC(=O)N[C@@H](C)COc1ccc(Oc2ccc(O)cc2)cc1. The van der Waals surface area contributed by atoms with E-state index < -0.39 is 0 Å². The molecule has 5 heteroatoms. The normalized spacial score (nSPS) is 11.5. The number of rotatable bonds is 6. The highest BCUT2D eigenvalue weighted by molar-refractivity contribution is 5.73. The van der Waals surface area contributed by atoms with Crippen molar-refractivity contribution in [2.24, 2.45) is 0 Å². The maximum atomic E-state index is 10.9. The first-order valence-electron chi connectivity index (χ1n) is 7.00. The standard InChI is InChI=1S/C17H19NO4/c1-12(18-13(2)19)11-21-15-7-9-17(10-8-15)22-16-5-3-14(20)4-6-16/h3-10,12,20H,11H2,1-2H3,(H,18,19)/t12-/m0/s1. The van der Waals surface area contributed by atoms with Crippen LogP contribution in [0.4, 0.5) is 0 Å². The van der Waals surface area contributed by atoms with Crippen molar-refractivity contribution in [2.75, 3.05) is 6.61 Å². The van der Waals surface area contributed by atoms with Crippen LogP contribution in [0.3, 0.4) is 0 Å². The highest BCUT2D eigenvalue weighted by atomic mass is 16.5. The van der Waals surface area contributed by atoms with Crippen LogP contribution >= 0.6 is 0 Å². The number of carbonyl (C=O) groups is 1. The summed E-state index contributed by atoms with van der Waals surface area (Å²) in [5, 5.41) is 12.0. The summed E-state index contributed by atoms with van der Waals surface area (Å²) in [6, 6.07) is 13.7. The molecule has 0 aliphatic heterocycles. The van der Waals surface area contributed by atoms with E-state index in [2.05, 4.69) is 5.32 Å². The van der Waals surface area contributed by atoms with Gasteiger partial charge in [0.1, 0.15) is 29.6 Å². The van der Waals surface area contributed by atoms with Gasteiger partial charge in [0, 0.05) is 6.92 Å². The first-order valence-corrected chi connectivity index (χ1v) is 7.00. The second kappa shape index (κ2) is 7.36. The van der Waals surface area contributed by atoms with Crippen molar-refractivity contribution in [3.05, 3.63) is 48.5 Å². The molecule has 116 valence electrons. The van der Waals surface area contributed by atoms with Gasteiger partial charge in [-0.1, -0.05) is 0 Å². The molecule has 2 aromatic rings. The lowest BCUT2D eigenvalue weighted by Crippen LogP contribution is -2.35. The Bertz CT molecular complexity index is 608. The lowest BCUT2D eigenvalue weighted by atomic mass is 10.3. The van der Waals surface area contributed by atoms with E-state index in [1.807, 2.05) is 6.92 Å². The van der Waals surface area contributed by atoms with E-state index in [9.17, 15) is 9.90 Å². The van der Waals surface area contributed by atoms with Gasteiger partial charge < -0.3 is 19.9 Å². The Morgan fingerprint density at radius 3 is 2.09 bits per heavy atom. The second-order valence-corrected chi connectivity index (χ2v) is 4.98. The van der Waals surface area contributed by atoms with Crippen LogP contribution in [0.1, 0.15) is 13.8 Å². The molecule has 0 spiro atoms. The van der Waals surface area contributed by atoms with E-state index in [0.29, 0.717) is 23.9 Å². The fraction of sp³-hybridized carbons (Fsp3) is 0.235. The molecule has 0 radical (unpaired) electrons. The number of carbonyl (C=O) groups excluding carboxylic acids is 1. The Morgan fingerprint density at radius 2 is 1.55 bits per heavy atom. The number of aromatic hydroxyl groups is 1.